The number of carbonyl (C=O) groups is 1. The second-order valence-corrected chi connectivity index (χ2v) is 8.45. The molecule has 29 heavy (non-hydrogen) atoms. The summed E-state index contributed by atoms with van der Waals surface area (Å²) in [4.78, 5) is 17.4. The summed E-state index contributed by atoms with van der Waals surface area (Å²) >= 11 is 13.3. The summed E-state index contributed by atoms with van der Waals surface area (Å²) in [5, 5.41) is 4.29. The Morgan fingerprint density at radius 1 is 1.03 bits per heavy atom. The number of aryl methyl sites for hydroxylation is 2. The van der Waals surface area contributed by atoms with Crippen molar-refractivity contribution < 1.29 is 9.21 Å². The third-order valence-corrected chi connectivity index (χ3v) is 5.98. The number of thioether (sulfide) groups is 1. The molecule has 0 radical (unpaired) electrons. The van der Waals surface area contributed by atoms with Crippen molar-refractivity contribution in [2.24, 2.45) is 4.99 Å². The molecular weight excluding hydrogens is 427 g/mol. The second-order valence-electron chi connectivity index (χ2n) is 6.60. The topological polar surface area (TPSA) is 54.6 Å². The maximum absolute atomic E-state index is 12.3. The number of benzene rings is 2. The molecule has 0 aliphatic carbocycles. The van der Waals surface area contributed by atoms with Gasteiger partial charge in [0.15, 0.2) is 5.17 Å². The van der Waals surface area contributed by atoms with Crippen LogP contribution in [0.1, 0.15) is 16.9 Å². The maximum atomic E-state index is 12.3. The molecule has 1 saturated heterocycles. The number of carbonyl (C=O) groups excluding carboxylic acids is 1. The van der Waals surface area contributed by atoms with Crippen molar-refractivity contribution in [3.63, 3.8) is 0 Å². The first-order valence-corrected chi connectivity index (χ1v) is 10.4. The lowest BCUT2D eigenvalue weighted by Gasteiger charge is -2.02. The molecule has 0 bridgehead atoms. The lowest BCUT2D eigenvalue weighted by Crippen LogP contribution is -2.19. The predicted molar refractivity (Wildman–Crippen MR) is 121 cm³/mol. The quantitative estimate of drug-likeness (QED) is 0.455. The summed E-state index contributed by atoms with van der Waals surface area (Å²) in [5.41, 5.74) is 3.87. The standard InChI is InChI=1S/C22H16Cl2N2O2S/c1-12-3-7-18(13(2)9-12)25-22-26-21(27)20(29-22)11-15-5-8-19(28-15)14-4-6-16(23)17(24)10-14/h3-11H,1-2H3,(H,25,26,27)/b20-11+. The highest BCUT2D eigenvalue weighted by Crippen LogP contribution is 2.32. The number of hydrogen-bond acceptors (Lipinski definition) is 4. The number of nitrogens with one attached hydrogen (secondary N) is 1. The van der Waals surface area contributed by atoms with E-state index in [0.717, 1.165) is 16.8 Å². The van der Waals surface area contributed by atoms with E-state index in [1.165, 1.54) is 17.3 Å². The number of halogens is 2. The summed E-state index contributed by atoms with van der Waals surface area (Å²) in [6, 6.07) is 14.9. The molecule has 1 amide bonds. The Bertz CT molecular complexity index is 1180. The molecule has 146 valence electrons. The van der Waals surface area contributed by atoms with Crippen molar-refractivity contribution in [1.82, 2.24) is 5.32 Å². The molecular formula is C22H16Cl2N2O2S. The highest BCUT2D eigenvalue weighted by Gasteiger charge is 2.24. The lowest BCUT2D eigenvalue weighted by atomic mass is 10.1. The molecule has 2 aromatic carbocycles. The smallest absolute Gasteiger partial charge is 0.264 e. The first kappa shape index (κ1) is 19.8. The van der Waals surface area contributed by atoms with Crippen LogP contribution in [0.15, 0.2) is 62.8 Å². The van der Waals surface area contributed by atoms with Crippen LogP contribution >= 0.6 is 35.0 Å². The van der Waals surface area contributed by atoms with Crippen LogP contribution in [-0.4, -0.2) is 11.1 Å². The van der Waals surface area contributed by atoms with Gasteiger partial charge in [0.1, 0.15) is 11.5 Å². The molecule has 4 nitrogen and oxygen atoms in total. The van der Waals surface area contributed by atoms with E-state index in [1.807, 2.05) is 38.1 Å². The molecule has 1 fully saturated rings. The van der Waals surface area contributed by atoms with E-state index < -0.39 is 0 Å². The molecule has 7 heteroatoms. The zero-order chi connectivity index (χ0) is 20.5. The summed E-state index contributed by atoms with van der Waals surface area (Å²) in [5.74, 6) is 1.01. The van der Waals surface area contributed by atoms with Gasteiger partial charge in [0.05, 0.1) is 20.6 Å². The van der Waals surface area contributed by atoms with Crippen molar-refractivity contribution >= 4 is 57.8 Å². The first-order valence-electron chi connectivity index (χ1n) is 8.81. The molecule has 0 saturated carbocycles. The van der Waals surface area contributed by atoms with Crippen molar-refractivity contribution in [1.29, 1.82) is 0 Å². The van der Waals surface area contributed by atoms with Crippen molar-refractivity contribution in [3.05, 3.63) is 80.4 Å². The highest BCUT2D eigenvalue weighted by molar-refractivity contribution is 8.18. The van der Waals surface area contributed by atoms with Crippen LogP contribution < -0.4 is 5.32 Å². The van der Waals surface area contributed by atoms with E-state index in [-0.39, 0.29) is 5.91 Å². The van der Waals surface area contributed by atoms with Gasteiger partial charge in [0.2, 0.25) is 0 Å². The van der Waals surface area contributed by atoms with Gasteiger partial charge < -0.3 is 9.73 Å². The molecule has 1 aromatic heterocycles. The summed E-state index contributed by atoms with van der Waals surface area (Å²) in [6.45, 7) is 4.03. The Kier molecular flexibility index (Phi) is 5.54. The van der Waals surface area contributed by atoms with Gasteiger partial charge in [-0.2, -0.15) is 0 Å². The van der Waals surface area contributed by atoms with E-state index in [1.54, 1.807) is 24.3 Å². The largest absolute Gasteiger partial charge is 0.457 e. The maximum Gasteiger partial charge on any atom is 0.264 e. The minimum atomic E-state index is -0.203. The monoisotopic (exact) mass is 442 g/mol. The third-order valence-electron chi connectivity index (χ3n) is 4.33. The summed E-state index contributed by atoms with van der Waals surface area (Å²) in [7, 11) is 0. The Morgan fingerprint density at radius 2 is 1.86 bits per heavy atom. The van der Waals surface area contributed by atoms with Gasteiger partial charge in [-0.3, -0.25) is 4.79 Å². The number of aliphatic imine (C=N–C) groups is 1. The van der Waals surface area contributed by atoms with Crippen molar-refractivity contribution in [2.75, 3.05) is 0 Å². The van der Waals surface area contributed by atoms with Crippen LogP contribution in [0.25, 0.3) is 17.4 Å². The number of amides is 1. The zero-order valence-corrected chi connectivity index (χ0v) is 18.0. The van der Waals surface area contributed by atoms with Gasteiger partial charge in [-0.25, -0.2) is 4.99 Å². The van der Waals surface area contributed by atoms with Crippen molar-refractivity contribution in [3.8, 4) is 11.3 Å². The fourth-order valence-corrected chi connectivity index (χ4v) is 4.00. The van der Waals surface area contributed by atoms with Crippen LogP contribution in [0.3, 0.4) is 0 Å². The highest BCUT2D eigenvalue weighted by atomic mass is 35.5. The van der Waals surface area contributed by atoms with Gasteiger partial charge >= 0.3 is 0 Å². The van der Waals surface area contributed by atoms with Crippen LogP contribution in [0.5, 0.6) is 0 Å². The number of rotatable bonds is 3. The number of amidine groups is 1. The molecule has 3 aromatic rings. The molecule has 1 N–H and O–H groups in total. The van der Waals surface area contributed by atoms with Crippen LogP contribution in [-0.2, 0) is 4.79 Å². The van der Waals surface area contributed by atoms with Crippen LogP contribution in [0.2, 0.25) is 10.0 Å². The normalized spacial score (nSPS) is 16.6. The molecule has 1 aliphatic heterocycles. The zero-order valence-electron chi connectivity index (χ0n) is 15.6. The van der Waals surface area contributed by atoms with Gasteiger partial charge in [-0.15, -0.1) is 0 Å². The molecule has 0 unspecified atom stereocenters. The molecule has 1 aliphatic rings. The number of nitrogens with zero attached hydrogens (tertiary/aromatic N) is 1. The predicted octanol–water partition coefficient (Wildman–Crippen LogP) is 6.76. The third kappa shape index (κ3) is 4.42. The van der Waals surface area contributed by atoms with E-state index in [9.17, 15) is 4.79 Å². The van der Waals surface area contributed by atoms with Crippen LogP contribution in [0, 0.1) is 13.8 Å². The first-order chi connectivity index (χ1) is 13.9. The molecule has 4 rings (SSSR count). The van der Waals surface area contributed by atoms with Crippen LogP contribution in [0.4, 0.5) is 5.69 Å². The summed E-state index contributed by atoms with van der Waals surface area (Å²) < 4.78 is 5.85. The summed E-state index contributed by atoms with van der Waals surface area (Å²) in [6.07, 6.45) is 1.70. The second kappa shape index (κ2) is 8.11. The van der Waals surface area contributed by atoms with E-state index in [2.05, 4.69) is 16.4 Å². The van der Waals surface area contributed by atoms with E-state index >= 15 is 0 Å². The molecule has 2 heterocycles. The minimum absolute atomic E-state index is 0.203. The van der Waals surface area contributed by atoms with Gasteiger partial charge in [-0.1, -0.05) is 40.9 Å². The lowest BCUT2D eigenvalue weighted by molar-refractivity contribution is -0.115. The average molecular weight is 443 g/mol. The van der Waals surface area contributed by atoms with Gasteiger partial charge in [0, 0.05) is 11.6 Å². The number of furan rings is 1. The molecule has 0 spiro atoms. The molecule has 0 atom stereocenters. The Hall–Kier alpha value is -2.47. The fourth-order valence-electron chi connectivity index (χ4n) is 2.88. The van der Waals surface area contributed by atoms with Gasteiger partial charge in [-0.05, 0) is 67.6 Å². The van der Waals surface area contributed by atoms with Gasteiger partial charge in [0.25, 0.3) is 5.91 Å². The fraction of sp³-hybridized carbons (Fsp3) is 0.0909. The Balaban J connectivity index is 1.56. The van der Waals surface area contributed by atoms with Crippen molar-refractivity contribution in [2.45, 2.75) is 13.8 Å². The van der Waals surface area contributed by atoms with E-state index in [0.29, 0.717) is 31.6 Å². The minimum Gasteiger partial charge on any atom is -0.457 e. The van der Waals surface area contributed by atoms with E-state index in [4.69, 9.17) is 27.6 Å². The Labute approximate surface area is 182 Å². The average Bonchev–Trinajstić information content (AvgIpc) is 3.27. The number of hydrogen-bond donors (Lipinski definition) is 1. The Morgan fingerprint density at radius 3 is 2.62 bits per heavy atom. The SMILES string of the molecule is Cc1ccc(N=C2NC(=O)/C(=C\c3ccc(-c4ccc(Cl)c(Cl)c4)o3)S2)c(C)c1.